The van der Waals surface area contributed by atoms with Gasteiger partial charge in [0.2, 0.25) is 0 Å². The molecule has 3 heteroatoms. The Labute approximate surface area is 127 Å². The lowest BCUT2D eigenvalue weighted by Gasteiger charge is -2.22. The highest BCUT2D eigenvalue weighted by Gasteiger charge is 2.22. The standard InChI is InChI=1S/C16H19BrOS/c1-8-9(2)11(4)14(12(5)10(8)3)15(18)16-13(17)6-7-19-16/h6-7,15,18H,1-5H3. The van der Waals surface area contributed by atoms with Gasteiger partial charge in [0.1, 0.15) is 6.10 Å². The Morgan fingerprint density at radius 3 is 1.84 bits per heavy atom. The summed E-state index contributed by atoms with van der Waals surface area (Å²) in [6.45, 7) is 10.6. The van der Waals surface area contributed by atoms with E-state index in [1.54, 1.807) is 11.3 Å². The highest BCUT2D eigenvalue weighted by atomic mass is 79.9. The van der Waals surface area contributed by atoms with Gasteiger partial charge in [-0.15, -0.1) is 11.3 Å². The van der Waals surface area contributed by atoms with E-state index in [1.165, 1.54) is 27.8 Å². The first-order chi connectivity index (χ1) is 8.86. The third kappa shape index (κ3) is 2.39. The quantitative estimate of drug-likeness (QED) is 0.804. The molecular weight excluding hydrogens is 320 g/mol. The normalized spacial score (nSPS) is 12.8. The van der Waals surface area contributed by atoms with Crippen LogP contribution in [0.15, 0.2) is 15.9 Å². The van der Waals surface area contributed by atoms with Gasteiger partial charge in [0.15, 0.2) is 0 Å². The number of halogens is 1. The van der Waals surface area contributed by atoms with E-state index in [0.717, 1.165) is 14.9 Å². The van der Waals surface area contributed by atoms with Crippen LogP contribution in [0.25, 0.3) is 0 Å². The Balaban J connectivity index is 2.67. The molecule has 1 N–H and O–H groups in total. The molecule has 0 spiro atoms. The molecule has 0 saturated carbocycles. The van der Waals surface area contributed by atoms with Crippen molar-refractivity contribution >= 4 is 27.3 Å². The Morgan fingerprint density at radius 1 is 0.947 bits per heavy atom. The molecule has 1 nitrogen and oxygen atoms in total. The van der Waals surface area contributed by atoms with Crippen molar-refractivity contribution in [1.82, 2.24) is 0 Å². The lowest BCUT2D eigenvalue weighted by molar-refractivity contribution is 0.221. The molecule has 0 aliphatic rings. The SMILES string of the molecule is Cc1c(C)c(C)c(C(O)c2sccc2Br)c(C)c1C. The molecule has 1 aromatic heterocycles. The fourth-order valence-electron chi connectivity index (χ4n) is 2.57. The number of benzene rings is 1. The monoisotopic (exact) mass is 338 g/mol. The summed E-state index contributed by atoms with van der Waals surface area (Å²) in [5.74, 6) is 0. The van der Waals surface area contributed by atoms with Gasteiger partial charge in [-0.25, -0.2) is 0 Å². The first kappa shape index (κ1) is 14.8. The summed E-state index contributed by atoms with van der Waals surface area (Å²) in [7, 11) is 0. The van der Waals surface area contributed by atoms with Crippen LogP contribution in [0.5, 0.6) is 0 Å². The molecule has 0 aliphatic heterocycles. The van der Waals surface area contributed by atoms with E-state index in [-0.39, 0.29) is 0 Å². The largest absolute Gasteiger partial charge is 0.383 e. The maximum absolute atomic E-state index is 10.7. The van der Waals surface area contributed by atoms with Crippen LogP contribution in [0.4, 0.5) is 0 Å². The highest BCUT2D eigenvalue weighted by Crippen LogP contribution is 2.38. The zero-order valence-corrected chi connectivity index (χ0v) is 14.4. The Hall–Kier alpha value is -0.640. The second kappa shape index (κ2) is 5.39. The van der Waals surface area contributed by atoms with Gasteiger partial charge in [0, 0.05) is 4.47 Å². The average Bonchev–Trinajstić information content (AvgIpc) is 2.80. The van der Waals surface area contributed by atoms with Crippen LogP contribution in [-0.2, 0) is 0 Å². The molecular formula is C16H19BrOS. The van der Waals surface area contributed by atoms with Crippen LogP contribution in [0.2, 0.25) is 0 Å². The van der Waals surface area contributed by atoms with Gasteiger partial charge in [-0.05, 0) is 95.4 Å². The molecule has 0 aliphatic carbocycles. The van der Waals surface area contributed by atoms with Crippen molar-refractivity contribution in [3.63, 3.8) is 0 Å². The van der Waals surface area contributed by atoms with Crippen LogP contribution in [0, 0.1) is 34.6 Å². The summed E-state index contributed by atoms with van der Waals surface area (Å²) in [5.41, 5.74) is 7.36. The van der Waals surface area contributed by atoms with E-state index in [1.807, 2.05) is 11.4 Å². The van der Waals surface area contributed by atoms with E-state index < -0.39 is 6.10 Å². The second-order valence-corrected chi connectivity index (χ2v) is 6.88. The Kier molecular flexibility index (Phi) is 4.19. The molecule has 0 saturated heterocycles. The maximum atomic E-state index is 10.7. The van der Waals surface area contributed by atoms with E-state index in [9.17, 15) is 5.11 Å². The summed E-state index contributed by atoms with van der Waals surface area (Å²) in [6.07, 6.45) is -0.549. The number of rotatable bonds is 2. The molecule has 102 valence electrons. The summed E-state index contributed by atoms with van der Waals surface area (Å²) in [5, 5.41) is 12.7. The smallest absolute Gasteiger partial charge is 0.115 e. The molecule has 1 heterocycles. The lowest BCUT2D eigenvalue weighted by atomic mass is 9.87. The van der Waals surface area contributed by atoms with Crippen LogP contribution in [0.1, 0.15) is 44.4 Å². The first-order valence-corrected chi connectivity index (χ1v) is 8.01. The second-order valence-electron chi connectivity index (χ2n) is 5.07. The predicted molar refractivity (Wildman–Crippen MR) is 86.2 cm³/mol. The highest BCUT2D eigenvalue weighted by molar-refractivity contribution is 9.10. The molecule has 1 atom stereocenters. The molecule has 0 radical (unpaired) electrons. The van der Waals surface area contributed by atoms with Crippen LogP contribution < -0.4 is 0 Å². The number of hydrogen-bond acceptors (Lipinski definition) is 2. The molecule has 0 bridgehead atoms. The van der Waals surface area contributed by atoms with E-state index in [4.69, 9.17) is 0 Å². The van der Waals surface area contributed by atoms with Crippen molar-refractivity contribution in [1.29, 1.82) is 0 Å². The first-order valence-electron chi connectivity index (χ1n) is 6.34. The van der Waals surface area contributed by atoms with Crippen molar-refractivity contribution < 1.29 is 5.11 Å². The Morgan fingerprint density at radius 2 is 1.42 bits per heavy atom. The van der Waals surface area contributed by atoms with Crippen molar-refractivity contribution in [2.45, 2.75) is 40.7 Å². The summed E-state index contributed by atoms with van der Waals surface area (Å²) >= 11 is 5.10. The van der Waals surface area contributed by atoms with Gasteiger partial charge in [-0.1, -0.05) is 0 Å². The number of hydrogen-bond donors (Lipinski definition) is 1. The van der Waals surface area contributed by atoms with Crippen LogP contribution in [0.3, 0.4) is 0 Å². The van der Waals surface area contributed by atoms with E-state index in [0.29, 0.717) is 0 Å². The predicted octanol–water partition coefficient (Wildman–Crippen LogP) is 5.13. The van der Waals surface area contributed by atoms with Crippen molar-refractivity contribution in [2.24, 2.45) is 0 Å². The molecule has 2 aromatic rings. The summed E-state index contributed by atoms with van der Waals surface area (Å²) in [6, 6.07) is 1.99. The third-order valence-electron chi connectivity index (χ3n) is 4.22. The number of aliphatic hydroxyl groups is 1. The lowest BCUT2D eigenvalue weighted by Crippen LogP contribution is -2.08. The molecule has 1 aromatic carbocycles. The van der Waals surface area contributed by atoms with Gasteiger partial charge in [-0.2, -0.15) is 0 Å². The van der Waals surface area contributed by atoms with Crippen LogP contribution >= 0.6 is 27.3 Å². The zero-order valence-electron chi connectivity index (χ0n) is 12.0. The summed E-state index contributed by atoms with van der Waals surface area (Å²) < 4.78 is 0.986. The van der Waals surface area contributed by atoms with E-state index in [2.05, 4.69) is 50.5 Å². The van der Waals surface area contributed by atoms with Gasteiger partial charge < -0.3 is 5.11 Å². The van der Waals surface area contributed by atoms with Crippen molar-refractivity contribution in [3.8, 4) is 0 Å². The van der Waals surface area contributed by atoms with Gasteiger partial charge >= 0.3 is 0 Å². The fourth-order valence-corrected chi connectivity index (χ4v) is 4.15. The minimum atomic E-state index is -0.549. The van der Waals surface area contributed by atoms with Crippen molar-refractivity contribution in [2.75, 3.05) is 0 Å². The Bertz CT molecular complexity index is 599. The number of thiophene rings is 1. The van der Waals surface area contributed by atoms with E-state index >= 15 is 0 Å². The topological polar surface area (TPSA) is 20.2 Å². The molecule has 0 amide bonds. The molecule has 1 unspecified atom stereocenters. The van der Waals surface area contributed by atoms with Crippen LogP contribution in [-0.4, -0.2) is 5.11 Å². The van der Waals surface area contributed by atoms with Gasteiger partial charge in [0.25, 0.3) is 0 Å². The molecule has 2 rings (SSSR count). The maximum Gasteiger partial charge on any atom is 0.115 e. The number of aliphatic hydroxyl groups excluding tert-OH is 1. The minimum Gasteiger partial charge on any atom is -0.383 e. The fraction of sp³-hybridized carbons (Fsp3) is 0.375. The minimum absolute atomic E-state index is 0.549. The van der Waals surface area contributed by atoms with Gasteiger partial charge in [-0.3, -0.25) is 0 Å². The molecule has 19 heavy (non-hydrogen) atoms. The van der Waals surface area contributed by atoms with Crippen molar-refractivity contribution in [3.05, 3.63) is 54.2 Å². The average molecular weight is 339 g/mol. The third-order valence-corrected chi connectivity index (χ3v) is 6.15. The summed E-state index contributed by atoms with van der Waals surface area (Å²) in [4.78, 5) is 0.980. The zero-order chi connectivity index (χ0) is 14.3. The molecule has 0 fully saturated rings. The van der Waals surface area contributed by atoms with Gasteiger partial charge in [0.05, 0.1) is 4.88 Å².